The van der Waals surface area contributed by atoms with E-state index < -0.39 is 0 Å². The molecule has 1 aliphatic heterocycles. The molecule has 0 spiro atoms. The first-order valence-corrected chi connectivity index (χ1v) is 13.1. The number of fused-ring (bicyclic) bond motifs is 1. The van der Waals surface area contributed by atoms with Crippen LogP contribution in [-0.4, -0.2) is 46.5 Å². The van der Waals surface area contributed by atoms with Gasteiger partial charge in [0, 0.05) is 48.6 Å². The maximum absolute atomic E-state index is 5.99. The van der Waals surface area contributed by atoms with Gasteiger partial charge in [-0.15, -0.1) is 0 Å². The fourth-order valence-electron chi connectivity index (χ4n) is 5.17. The predicted molar refractivity (Wildman–Crippen MR) is 148 cm³/mol. The number of benzene rings is 3. The van der Waals surface area contributed by atoms with Crippen molar-refractivity contribution in [1.82, 2.24) is 5.32 Å². The van der Waals surface area contributed by atoms with E-state index in [0.717, 1.165) is 54.0 Å². The van der Waals surface area contributed by atoms with Crippen molar-refractivity contribution < 1.29 is 18.6 Å². The Morgan fingerprint density at radius 2 is 1.86 bits per heavy atom. The molecule has 6 heteroatoms. The van der Waals surface area contributed by atoms with E-state index >= 15 is 0 Å². The molecule has 6 nitrogen and oxygen atoms in total. The lowest BCUT2D eigenvalue weighted by Crippen LogP contribution is -2.49. The van der Waals surface area contributed by atoms with E-state index in [1.165, 1.54) is 11.3 Å². The number of hydrogen-bond donors (Lipinski definition) is 1. The van der Waals surface area contributed by atoms with Gasteiger partial charge in [0.15, 0.2) is 0 Å². The third kappa shape index (κ3) is 6.09. The third-order valence-electron chi connectivity index (χ3n) is 7.25. The molecule has 2 heterocycles. The molecule has 194 valence electrons. The highest BCUT2D eigenvalue weighted by Crippen LogP contribution is 2.33. The van der Waals surface area contributed by atoms with Gasteiger partial charge < -0.3 is 28.8 Å². The van der Waals surface area contributed by atoms with Crippen molar-refractivity contribution in [2.75, 3.05) is 45.4 Å². The largest absolute Gasteiger partial charge is 0.496 e. The topological polar surface area (TPSA) is 56.1 Å². The van der Waals surface area contributed by atoms with Crippen LogP contribution >= 0.6 is 0 Å². The minimum atomic E-state index is 0.366. The van der Waals surface area contributed by atoms with Gasteiger partial charge >= 0.3 is 0 Å². The quantitative estimate of drug-likeness (QED) is 0.255. The van der Waals surface area contributed by atoms with Crippen LogP contribution in [0.15, 0.2) is 83.5 Å². The van der Waals surface area contributed by atoms with Crippen LogP contribution in [0.1, 0.15) is 29.9 Å². The molecule has 1 aliphatic rings. The Labute approximate surface area is 219 Å². The molecule has 1 saturated heterocycles. The lowest BCUT2D eigenvalue weighted by Gasteiger charge is -2.40. The number of likely N-dealkylation sites (N-methyl/N-ethyl adjacent to an activating group) is 1. The first kappa shape index (κ1) is 25.2. The Balaban J connectivity index is 1.12. The van der Waals surface area contributed by atoms with Gasteiger partial charge in [-0.05, 0) is 61.0 Å². The Bertz CT molecular complexity index is 1270. The minimum absolute atomic E-state index is 0.366. The second-order valence-electron chi connectivity index (χ2n) is 9.56. The first-order valence-electron chi connectivity index (χ1n) is 13.1. The number of furan rings is 1. The fraction of sp³-hybridized carbons (Fsp3) is 0.355. The summed E-state index contributed by atoms with van der Waals surface area (Å²) < 4.78 is 22.7. The van der Waals surface area contributed by atoms with E-state index in [0.29, 0.717) is 31.8 Å². The zero-order valence-electron chi connectivity index (χ0n) is 21.7. The van der Waals surface area contributed by atoms with E-state index in [4.69, 9.17) is 18.6 Å². The summed E-state index contributed by atoms with van der Waals surface area (Å²) in [5.41, 5.74) is 4.55. The summed E-state index contributed by atoms with van der Waals surface area (Å²) in [6.45, 7) is 3.80. The van der Waals surface area contributed by atoms with Crippen molar-refractivity contribution in [3.63, 3.8) is 0 Å². The van der Waals surface area contributed by atoms with Crippen molar-refractivity contribution in [2.24, 2.45) is 0 Å². The monoisotopic (exact) mass is 500 g/mol. The Morgan fingerprint density at radius 1 is 1.00 bits per heavy atom. The number of para-hydroxylation sites is 1. The summed E-state index contributed by atoms with van der Waals surface area (Å²) in [7, 11) is 3.88. The molecule has 2 atom stereocenters. The van der Waals surface area contributed by atoms with Crippen LogP contribution < -0.4 is 19.7 Å². The normalized spacial score (nSPS) is 17.6. The van der Waals surface area contributed by atoms with E-state index in [2.05, 4.69) is 59.7 Å². The molecule has 0 radical (unpaired) electrons. The van der Waals surface area contributed by atoms with Crippen LogP contribution in [0.4, 0.5) is 5.69 Å². The molecule has 1 aromatic heterocycles. The summed E-state index contributed by atoms with van der Waals surface area (Å²) in [5.74, 6) is 2.21. The molecule has 0 aliphatic carbocycles. The number of ether oxygens (including phenoxy) is 3. The van der Waals surface area contributed by atoms with E-state index in [1.54, 1.807) is 13.4 Å². The van der Waals surface area contributed by atoms with Crippen molar-refractivity contribution in [2.45, 2.75) is 31.4 Å². The molecule has 2 unspecified atom stereocenters. The summed E-state index contributed by atoms with van der Waals surface area (Å²) in [4.78, 5) is 2.40. The zero-order chi connectivity index (χ0) is 25.5. The van der Waals surface area contributed by atoms with Crippen LogP contribution in [0, 0.1) is 0 Å². The SMILES string of the molecule is COc1ccccc1COCCCOc1ccc(C2CCNCC2N(C)c2ccc3occc3c2)cc1. The Hall–Kier alpha value is -3.48. The maximum Gasteiger partial charge on any atom is 0.133 e. The second-order valence-corrected chi connectivity index (χ2v) is 9.56. The average molecular weight is 501 g/mol. The second kappa shape index (κ2) is 12.2. The Morgan fingerprint density at radius 3 is 2.73 bits per heavy atom. The van der Waals surface area contributed by atoms with Crippen molar-refractivity contribution in [3.8, 4) is 11.5 Å². The molecule has 37 heavy (non-hydrogen) atoms. The molecule has 1 N–H and O–H groups in total. The molecule has 3 aromatic carbocycles. The molecule has 0 bridgehead atoms. The molecular formula is C31H36N2O4. The average Bonchev–Trinajstić information content (AvgIpc) is 3.43. The number of rotatable bonds is 11. The number of piperidine rings is 1. The predicted octanol–water partition coefficient (Wildman–Crippen LogP) is 6.01. The molecule has 4 aromatic rings. The Kier molecular flexibility index (Phi) is 8.28. The summed E-state index contributed by atoms with van der Waals surface area (Å²) >= 11 is 0. The van der Waals surface area contributed by atoms with Gasteiger partial charge in [-0.2, -0.15) is 0 Å². The van der Waals surface area contributed by atoms with E-state index in [-0.39, 0.29) is 0 Å². The van der Waals surface area contributed by atoms with Crippen LogP contribution in [0.5, 0.6) is 11.5 Å². The molecule has 5 rings (SSSR count). The van der Waals surface area contributed by atoms with Gasteiger partial charge in [-0.1, -0.05) is 30.3 Å². The summed E-state index contributed by atoms with van der Waals surface area (Å²) in [6, 6.07) is 25.4. The van der Waals surface area contributed by atoms with Gasteiger partial charge in [-0.3, -0.25) is 0 Å². The zero-order valence-corrected chi connectivity index (χ0v) is 21.7. The van der Waals surface area contributed by atoms with E-state index in [9.17, 15) is 0 Å². The standard InChI is InChI=1S/C31H36N2O4/c1-33(26-10-13-31-24(20-26)15-19-37-31)29-21-32-16-14-28(29)23-8-11-27(12-9-23)36-18-5-17-35-22-25-6-3-4-7-30(25)34-2/h3-4,6-13,15,19-20,28-29,32H,5,14,16-18,21-22H2,1-2H3. The van der Waals surface area contributed by atoms with Crippen LogP contribution in [0.25, 0.3) is 11.0 Å². The fourth-order valence-corrected chi connectivity index (χ4v) is 5.17. The number of methoxy groups -OCH3 is 1. The van der Waals surface area contributed by atoms with Gasteiger partial charge in [0.1, 0.15) is 17.1 Å². The van der Waals surface area contributed by atoms with Gasteiger partial charge in [-0.25, -0.2) is 0 Å². The van der Waals surface area contributed by atoms with Crippen LogP contribution in [0.3, 0.4) is 0 Å². The molecule has 0 saturated carbocycles. The maximum atomic E-state index is 5.99. The van der Waals surface area contributed by atoms with Crippen LogP contribution in [-0.2, 0) is 11.3 Å². The van der Waals surface area contributed by atoms with E-state index in [1.807, 2.05) is 30.3 Å². The highest BCUT2D eigenvalue weighted by atomic mass is 16.5. The van der Waals surface area contributed by atoms with Crippen LogP contribution in [0.2, 0.25) is 0 Å². The summed E-state index contributed by atoms with van der Waals surface area (Å²) in [5, 5.41) is 4.72. The number of hydrogen-bond acceptors (Lipinski definition) is 6. The van der Waals surface area contributed by atoms with Gasteiger partial charge in [0.25, 0.3) is 0 Å². The van der Waals surface area contributed by atoms with Gasteiger partial charge in [0.05, 0.1) is 33.2 Å². The first-order chi connectivity index (χ1) is 18.2. The number of anilines is 1. The van der Waals surface area contributed by atoms with Crippen molar-refractivity contribution in [3.05, 3.63) is 90.2 Å². The lowest BCUT2D eigenvalue weighted by atomic mass is 9.85. The van der Waals surface area contributed by atoms with Crippen molar-refractivity contribution >= 4 is 16.7 Å². The van der Waals surface area contributed by atoms with Gasteiger partial charge in [0.2, 0.25) is 0 Å². The number of nitrogens with zero attached hydrogens (tertiary/aromatic N) is 1. The molecular weight excluding hydrogens is 464 g/mol. The third-order valence-corrected chi connectivity index (χ3v) is 7.25. The summed E-state index contributed by atoms with van der Waals surface area (Å²) in [6.07, 6.45) is 3.68. The lowest BCUT2D eigenvalue weighted by molar-refractivity contribution is 0.105. The smallest absolute Gasteiger partial charge is 0.133 e. The highest BCUT2D eigenvalue weighted by Gasteiger charge is 2.30. The molecule has 1 fully saturated rings. The highest BCUT2D eigenvalue weighted by molar-refractivity contribution is 5.81. The van der Waals surface area contributed by atoms with Crippen molar-refractivity contribution in [1.29, 1.82) is 0 Å². The minimum Gasteiger partial charge on any atom is -0.496 e. The molecule has 0 amide bonds. The number of nitrogens with one attached hydrogen (secondary N) is 1.